The number of benzene rings is 2. The van der Waals surface area contributed by atoms with Gasteiger partial charge in [0, 0.05) is 34.4 Å². The van der Waals surface area contributed by atoms with Gasteiger partial charge in [0.25, 0.3) is 11.6 Å². The molecule has 7 heteroatoms. The fourth-order valence-electron chi connectivity index (χ4n) is 2.92. The predicted molar refractivity (Wildman–Crippen MR) is 110 cm³/mol. The molecule has 3 rings (SSSR count). The molecule has 0 bridgehead atoms. The van der Waals surface area contributed by atoms with Crippen molar-refractivity contribution in [3.8, 4) is 0 Å². The molecule has 1 amide bonds. The summed E-state index contributed by atoms with van der Waals surface area (Å²) in [4.78, 5) is 30.0. The van der Waals surface area contributed by atoms with Gasteiger partial charge in [0.1, 0.15) is 0 Å². The molecule has 0 spiro atoms. The van der Waals surface area contributed by atoms with Gasteiger partial charge in [-0.05, 0) is 42.8 Å². The van der Waals surface area contributed by atoms with Crippen molar-refractivity contribution in [3.05, 3.63) is 104 Å². The quantitative estimate of drug-likeness (QED) is 0.404. The summed E-state index contributed by atoms with van der Waals surface area (Å²) in [6.45, 7) is 2.27. The van der Waals surface area contributed by atoms with Gasteiger partial charge in [-0.25, -0.2) is 0 Å². The molecule has 0 atom stereocenters. The topological polar surface area (TPSA) is 76.3 Å². The molecule has 0 saturated carbocycles. The largest absolute Gasteiger partial charge is 0.328 e. The van der Waals surface area contributed by atoms with Crippen LogP contribution in [0.15, 0.2) is 71.3 Å². The summed E-state index contributed by atoms with van der Waals surface area (Å²) in [6.07, 6.45) is 1.68. The van der Waals surface area contributed by atoms with Crippen LogP contribution in [0.2, 0.25) is 0 Å². The van der Waals surface area contributed by atoms with Gasteiger partial charge in [0.15, 0.2) is 0 Å². The highest BCUT2D eigenvalue weighted by atomic mass is 79.9. The third kappa shape index (κ3) is 4.61. The van der Waals surface area contributed by atoms with Crippen LogP contribution < -0.4 is 0 Å². The van der Waals surface area contributed by atoms with Gasteiger partial charge in [-0.1, -0.05) is 40.2 Å². The van der Waals surface area contributed by atoms with E-state index in [4.69, 9.17) is 0 Å². The van der Waals surface area contributed by atoms with E-state index in [-0.39, 0.29) is 11.6 Å². The van der Waals surface area contributed by atoms with E-state index in [1.807, 2.05) is 42.5 Å². The average molecular weight is 440 g/mol. The summed E-state index contributed by atoms with van der Waals surface area (Å²) >= 11 is 3.41. The number of halogens is 1. The molecule has 0 N–H and O–H groups in total. The van der Waals surface area contributed by atoms with E-state index < -0.39 is 4.92 Å². The van der Waals surface area contributed by atoms with E-state index in [9.17, 15) is 14.9 Å². The van der Waals surface area contributed by atoms with Gasteiger partial charge in [0.2, 0.25) is 0 Å². The van der Waals surface area contributed by atoms with Crippen LogP contribution in [0.3, 0.4) is 0 Å². The Morgan fingerprint density at radius 1 is 1.07 bits per heavy atom. The predicted octanol–water partition coefficient (Wildman–Crippen LogP) is 4.90. The van der Waals surface area contributed by atoms with E-state index in [0.29, 0.717) is 24.2 Å². The van der Waals surface area contributed by atoms with Gasteiger partial charge in [0.05, 0.1) is 17.2 Å². The molecule has 0 fully saturated rings. The molecule has 3 aromatic rings. The molecule has 0 radical (unpaired) electrons. The van der Waals surface area contributed by atoms with E-state index in [2.05, 4.69) is 20.9 Å². The van der Waals surface area contributed by atoms with Crippen LogP contribution in [-0.2, 0) is 13.1 Å². The number of amides is 1. The van der Waals surface area contributed by atoms with E-state index >= 15 is 0 Å². The van der Waals surface area contributed by atoms with E-state index in [1.54, 1.807) is 24.1 Å². The summed E-state index contributed by atoms with van der Waals surface area (Å²) < 4.78 is 0.952. The summed E-state index contributed by atoms with van der Waals surface area (Å²) in [5, 5.41) is 11.2. The fourth-order valence-corrected chi connectivity index (χ4v) is 3.18. The summed E-state index contributed by atoms with van der Waals surface area (Å²) in [5.74, 6) is -0.269. The van der Waals surface area contributed by atoms with Crippen molar-refractivity contribution >= 4 is 27.5 Å². The molecule has 28 heavy (non-hydrogen) atoms. The summed E-state index contributed by atoms with van der Waals surface area (Å²) in [6, 6.07) is 17.8. The maximum atomic E-state index is 13.3. The molecule has 2 aromatic carbocycles. The van der Waals surface area contributed by atoms with Gasteiger partial charge in [-0.2, -0.15) is 0 Å². The Hall–Kier alpha value is -3.06. The van der Waals surface area contributed by atoms with Crippen LogP contribution in [0.1, 0.15) is 27.2 Å². The van der Waals surface area contributed by atoms with Gasteiger partial charge in [-0.15, -0.1) is 0 Å². The van der Waals surface area contributed by atoms with Crippen molar-refractivity contribution < 1.29 is 9.72 Å². The highest BCUT2D eigenvalue weighted by molar-refractivity contribution is 9.10. The van der Waals surface area contributed by atoms with E-state index in [0.717, 1.165) is 15.7 Å². The van der Waals surface area contributed by atoms with Gasteiger partial charge >= 0.3 is 0 Å². The zero-order valence-electron chi connectivity index (χ0n) is 15.2. The Balaban J connectivity index is 1.95. The summed E-state index contributed by atoms with van der Waals surface area (Å²) in [7, 11) is 0. The minimum atomic E-state index is -0.468. The number of pyridine rings is 1. The van der Waals surface area contributed by atoms with Crippen LogP contribution in [0.4, 0.5) is 5.69 Å². The Kier molecular flexibility index (Phi) is 6.16. The van der Waals surface area contributed by atoms with Crippen molar-refractivity contribution in [3.63, 3.8) is 0 Å². The SMILES string of the molecule is Cc1c(C(=O)N(Cc2ccc(Br)cc2)Cc2ccccn2)cccc1[N+](=O)[O-]. The number of carbonyl (C=O) groups is 1. The molecular formula is C21H18BrN3O3. The smallest absolute Gasteiger partial charge is 0.273 e. The molecule has 1 heterocycles. The van der Waals surface area contributed by atoms with Crippen molar-refractivity contribution in [2.45, 2.75) is 20.0 Å². The molecule has 0 aliphatic heterocycles. The highest BCUT2D eigenvalue weighted by Crippen LogP contribution is 2.24. The first-order valence-electron chi connectivity index (χ1n) is 8.63. The Morgan fingerprint density at radius 3 is 2.46 bits per heavy atom. The minimum Gasteiger partial charge on any atom is -0.328 e. The first-order valence-corrected chi connectivity index (χ1v) is 9.42. The normalized spacial score (nSPS) is 10.5. The van der Waals surface area contributed by atoms with Gasteiger partial charge < -0.3 is 4.90 Å². The standard InChI is InChI=1S/C21H18BrN3O3/c1-15-19(6-4-7-20(15)25(27)28)21(26)24(14-18-5-2-3-12-23-18)13-16-8-10-17(22)11-9-16/h2-12H,13-14H2,1H3. The Bertz CT molecular complexity index is 992. The number of hydrogen-bond donors (Lipinski definition) is 0. The second kappa shape index (κ2) is 8.75. The lowest BCUT2D eigenvalue weighted by Crippen LogP contribution is -2.31. The number of nitro groups is 1. The van der Waals surface area contributed by atoms with Gasteiger partial charge in [-0.3, -0.25) is 19.9 Å². The van der Waals surface area contributed by atoms with Crippen molar-refractivity contribution in [2.75, 3.05) is 0 Å². The molecule has 142 valence electrons. The number of carbonyl (C=O) groups excluding carboxylic acids is 1. The lowest BCUT2D eigenvalue weighted by molar-refractivity contribution is -0.385. The van der Waals surface area contributed by atoms with Crippen LogP contribution in [0.5, 0.6) is 0 Å². The molecule has 0 aliphatic carbocycles. The monoisotopic (exact) mass is 439 g/mol. The second-order valence-corrected chi connectivity index (χ2v) is 7.23. The second-order valence-electron chi connectivity index (χ2n) is 6.32. The first kappa shape index (κ1) is 19.7. The van der Waals surface area contributed by atoms with Crippen molar-refractivity contribution in [1.29, 1.82) is 0 Å². The minimum absolute atomic E-state index is 0.0627. The van der Waals surface area contributed by atoms with Crippen molar-refractivity contribution in [2.24, 2.45) is 0 Å². The third-order valence-electron chi connectivity index (χ3n) is 4.39. The molecule has 6 nitrogen and oxygen atoms in total. The van der Waals surface area contributed by atoms with Crippen molar-refractivity contribution in [1.82, 2.24) is 9.88 Å². The number of aromatic nitrogens is 1. The molecule has 0 aliphatic rings. The molecule has 1 aromatic heterocycles. The average Bonchev–Trinajstić information content (AvgIpc) is 2.69. The Morgan fingerprint density at radius 2 is 1.82 bits per heavy atom. The molecular weight excluding hydrogens is 422 g/mol. The summed E-state index contributed by atoms with van der Waals surface area (Å²) in [5.41, 5.74) is 2.32. The number of nitrogens with zero attached hydrogens (tertiary/aromatic N) is 3. The Labute approximate surface area is 171 Å². The lowest BCUT2D eigenvalue weighted by atomic mass is 10.0. The van der Waals surface area contributed by atoms with Crippen LogP contribution in [0.25, 0.3) is 0 Å². The number of rotatable bonds is 6. The zero-order chi connectivity index (χ0) is 20.1. The third-order valence-corrected chi connectivity index (χ3v) is 4.91. The lowest BCUT2D eigenvalue weighted by Gasteiger charge is -2.23. The number of nitro benzene ring substituents is 1. The van der Waals surface area contributed by atoms with Crippen LogP contribution in [-0.4, -0.2) is 20.7 Å². The zero-order valence-corrected chi connectivity index (χ0v) is 16.8. The maximum absolute atomic E-state index is 13.3. The van der Waals surface area contributed by atoms with E-state index in [1.165, 1.54) is 12.1 Å². The van der Waals surface area contributed by atoms with Crippen LogP contribution in [0, 0.1) is 17.0 Å². The highest BCUT2D eigenvalue weighted by Gasteiger charge is 2.23. The number of hydrogen-bond acceptors (Lipinski definition) is 4. The molecule has 0 saturated heterocycles. The first-order chi connectivity index (χ1) is 13.5. The fraction of sp³-hybridized carbons (Fsp3) is 0.143. The van der Waals surface area contributed by atoms with Crippen LogP contribution >= 0.6 is 15.9 Å². The molecule has 0 unspecified atom stereocenters. The maximum Gasteiger partial charge on any atom is 0.273 e.